The van der Waals surface area contributed by atoms with Gasteiger partial charge in [0.15, 0.2) is 0 Å². The Kier molecular flexibility index (Phi) is 3.29. The average Bonchev–Trinajstić information content (AvgIpc) is 3.05. The Bertz CT molecular complexity index is 688. The van der Waals surface area contributed by atoms with Crippen LogP contribution in [0, 0.1) is 0 Å². The third-order valence-electron chi connectivity index (χ3n) is 3.17. The summed E-state index contributed by atoms with van der Waals surface area (Å²) in [5, 5.41) is 2.94. The van der Waals surface area contributed by atoms with Gasteiger partial charge in [-0.1, -0.05) is 12.1 Å². The second-order valence-corrected chi connectivity index (χ2v) is 6.07. The molecular weight excluding hydrogens is 278 g/mol. The van der Waals surface area contributed by atoms with E-state index in [4.69, 9.17) is 11.6 Å². The molecule has 0 aliphatic carbocycles. The van der Waals surface area contributed by atoms with Crippen molar-refractivity contribution >= 4 is 34.0 Å². The number of halogens is 1. The quantitative estimate of drug-likeness (QED) is 0.670. The zero-order valence-corrected chi connectivity index (χ0v) is 12.3. The van der Waals surface area contributed by atoms with Crippen LogP contribution < -0.4 is 0 Å². The van der Waals surface area contributed by atoms with Gasteiger partial charge in [-0.25, -0.2) is 9.97 Å². The Labute approximate surface area is 120 Å². The van der Waals surface area contributed by atoms with Gasteiger partial charge in [-0.05, 0) is 26.0 Å². The molecule has 2 unspecified atom stereocenters. The third-order valence-corrected chi connectivity index (χ3v) is 4.32. The first-order valence-corrected chi connectivity index (χ1v) is 7.50. The molecule has 2 atom stereocenters. The van der Waals surface area contributed by atoms with Gasteiger partial charge in [0.2, 0.25) is 0 Å². The van der Waals surface area contributed by atoms with Gasteiger partial charge in [0, 0.05) is 11.6 Å². The van der Waals surface area contributed by atoms with E-state index in [2.05, 4.69) is 27.5 Å². The van der Waals surface area contributed by atoms with Crippen LogP contribution >= 0.6 is 22.9 Å². The van der Waals surface area contributed by atoms with E-state index in [1.807, 2.05) is 36.7 Å². The molecule has 5 heteroatoms. The van der Waals surface area contributed by atoms with E-state index in [1.165, 1.54) is 0 Å². The number of fused-ring (bicyclic) bond motifs is 1. The monoisotopic (exact) mass is 291 g/mol. The lowest BCUT2D eigenvalue weighted by Gasteiger charge is -2.16. The van der Waals surface area contributed by atoms with Gasteiger partial charge in [0.05, 0.1) is 22.5 Å². The molecule has 0 radical (unpaired) electrons. The van der Waals surface area contributed by atoms with Crippen molar-refractivity contribution in [2.24, 2.45) is 0 Å². The molecule has 0 amide bonds. The molecule has 0 spiro atoms. The standard InChI is InChI=1S/C14H14ClN3S/c1-9(15)13-17-11-5-3-4-6-12(11)18(13)10(2)14-16-7-8-19-14/h3-10H,1-2H3. The van der Waals surface area contributed by atoms with Crippen LogP contribution in [0.25, 0.3) is 11.0 Å². The summed E-state index contributed by atoms with van der Waals surface area (Å²) in [7, 11) is 0. The number of aromatic nitrogens is 3. The first kappa shape index (κ1) is 12.6. The van der Waals surface area contributed by atoms with Crippen molar-refractivity contribution in [1.29, 1.82) is 0 Å². The molecule has 98 valence electrons. The molecule has 2 heterocycles. The molecule has 3 nitrogen and oxygen atoms in total. The summed E-state index contributed by atoms with van der Waals surface area (Å²) in [4.78, 5) is 9.06. The van der Waals surface area contributed by atoms with E-state index < -0.39 is 0 Å². The zero-order chi connectivity index (χ0) is 13.4. The number of imidazole rings is 1. The lowest BCUT2D eigenvalue weighted by atomic mass is 10.2. The van der Waals surface area contributed by atoms with Gasteiger partial charge in [0.25, 0.3) is 0 Å². The molecule has 0 N–H and O–H groups in total. The Balaban J connectivity index is 2.23. The summed E-state index contributed by atoms with van der Waals surface area (Å²) in [5.74, 6) is 0.894. The van der Waals surface area contributed by atoms with Crippen LogP contribution in [0.4, 0.5) is 0 Å². The van der Waals surface area contributed by atoms with Crippen molar-refractivity contribution in [3.63, 3.8) is 0 Å². The fraction of sp³-hybridized carbons (Fsp3) is 0.286. The van der Waals surface area contributed by atoms with Crippen LogP contribution in [-0.4, -0.2) is 14.5 Å². The number of benzene rings is 1. The maximum absolute atomic E-state index is 6.28. The smallest absolute Gasteiger partial charge is 0.128 e. The highest BCUT2D eigenvalue weighted by Crippen LogP contribution is 2.31. The van der Waals surface area contributed by atoms with E-state index in [9.17, 15) is 0 Å². The van der Waals surface area contributed by atoms with E-state index in [1.54, 1.807) is 11.3 Å². The zero-order valence-electron chi connectivity index (χ0n) is 10.7. The molecule has 0 aliphatic heterocycles. The minimum atomic E-state index is -0.130. The molecule has 0 aliphatic rings. The van der Waals surface area contributed by atoms with E-state index in [-0.39, 0.29) is 11.4 Å². The number of hydrogen-bond donors (Lipinski definition) is 0. The van der Waals surface area contributed by atoms with Gasteiger partial charge < -0.3 is 4.57 Å². The number of hydrogen-bond acceptors (Lipinski definition) is 3. The van der Waals surface area contributed by atoms with Crippen LogP contribution in [0.1, 0.15) is 36.1 Å². The SMILES string of the molecule is CC(Cl)c1nc2ccccc2n1C(C)c1nccs1. The lowest BCUT2D eigenvalue weighted by Crippen LogP contribution is -2.10. The normalized spacial score (nSPS) is 14.7. The molecule has 0 bridgehead atoms. The summed E-state index contributed by atoms with van der Waals surface area (Å²) >= 11 is 7.94. The Morgan fingerprint density at radius 2 is 2.05 bits per heavy atom. The van der Waals surface area contributed by atoms with Crippen molar-refractivity contribution in [1.82, 2.24) is 14.5 Å². The average molecular weight is 292 g/mol. The summed E-state index contributed by atoms with van der Waals surface area (Å²) in [6, 6.07) is 8.26. The second kappa shape index (κ2) is 4.94. The fourth-order valence-electron chi connectivity index (χ4n) is 2.30. The van der Waals surface area contributed by atoms with Crippen LogP contribution in [0.5, 0.6) is 0 Å². The molecule has 0 saturated heterocycles. The van der Waals surface area contributed by atoms with Gasteiger partial charge in [-0.3, -0.25) is 0 Å². The number of para-hydroxylation sites is 2. The van der Waals surface area contributed by atoms with Crippen LogP contribution in [0.15, 0.2) is 35.8 Å². The largest absolute Gasteiger partial charge is 0.317 e. The van der Waals surface area contributed by atoms with Gasteiger partial charge >= 0.3 is 0 Å². The molecule has 3 aromatic rings. The minimum absolute atomic E-state index is 0.130. The summed E-state index contributed by atoms with van der Waals surface area (Å²) < 4.78 is 2.19. The molecule has 19 heavy (non-hydrogen) atoms. The Morgan fingerprint density at radius 3 is 2.74 bits per heavy atom. The highest BCUT2D eigenvalue weighted by atomic mass is 35.5. The second-order valence-electron chi connectivity index (χ2n) is 4.49. The van der Waals surface area contributed by atoms with Gasteiger partial charge in [-0.15, -0.1) is 22.9 Å². The predicted molar refractivity (Wildman–Crippen MR) is 79.9 cm³/mol. The highest BCUT2D eigenvalue weighted by Gasteiger charge is 2.21. The van der Waals surface area contributed by atoms with Crippen molar-refractivity contribution in [2.75, 3.05) is 0 Å². The topological polar surface area (TPSA) is 30.7 Å². The summed E-state index contributed by atoms with van der Waals surface area (Å²) in [5.41, 5.74) is 2.08. The van der Waals surface area contributed by atoms with Crippen molar-refractivity contribution < 1.29 is 0 Å². The first-order valence-electron chi connectivity index (χ1n) is 6.19. The number of thiazole rings is 1. The van der Waals surface area contributed by atoms with E-state index in [0.29, 0.717) is 0 Å². The molecule has 3 rings (SSSR count). The molecule has 0 fully saturated rings. The summed E-state index contributed by atoms with van der Waals surface area (Å²) in [6.07, 6.45) is 1.83. The fourth-order valence-corrected chi connectivity index (χ4v) is 3.14. The van der Waals surface area contributed by atoms with Crippen molar-refractivity contribution in [2.45, 2.75) is 25.3 Å². The molecule has 0 saturated carbocycles. The Morgan fingerprint density at radius 1 is 1.26 bits per heavy atom. The van der Waals surface area contributed by atoms with Crippen LogP contribution in [-0.2, 0) is 0 Å². The predicted octanol–water partition coefficient (Wildman–Crippen LogP) is 4.40. The maximum Gasteiger partial charge on any atom is 0.128 e. The molecule has 1 aromatic carbocycles. The maximum atomic E-state index is 6.28. The van der Waals surface area contributed by atoms with Crippen molar-refractivity contribution in [3.05, 3.63) is 46.7 Å². The molecule has 2 aromatic heterocycles. The number of nitrogens with zero attached hydrogens (tertiary/aromatic N) is 3. The summed E-state index contributed by atoms with van der Waals surface area (Å²) in [6.45, 7) is 4.09. The molecular formula is C14H14ClN3S. The first-order chi connectivity index (χ1) is 9.18. The third kappa shape index (κ3) is 2.15. The van der Waals surface area contributed by atoms with E-state index in [0.717, 1.165) is 21.9 Å². The van der Waals surface area contributed by atoms with E-state index >= 15 is 0 Å². The number of rotatable bonds is 3. The highest BCUT2D eigenvalue weighted by molar-refractivity contribution is 7.09. The lowest BCUT2D eigenvalue weighted by molar-refractivity contribution is 0.615. The Hall–Kier alpha value is -1.39. The van der Waals surface area contributed by atoms with Gasteiger partial charge in [0.1, 0.15) is 10.8 Å². The van der Waals surface area contributed by atoms with Crippen molar-refractivity contribution in [3.8, 4) is 0 Å². The number of alkyl halides is 1. The van der Waals surface area contributed by atoms with Crippen LogP contribution in [0.3, 0.4) is 0 Å². The minimum Gasteiger partial charge on any atom is -0.317 e. The van der Waals surface area contributed by atoms with Gasteiger partial charge in [-0.2, -0.15) is 0 Å². The van der Waals surface area contributed by atoms with Crippen LogP contribution in [0.2, 0.25) is 0 Å².